The van der Waals surface area contributed by atoms with E-state index in [2.05, 4.69) is 10.3 Å². The van der Waals surface area contributed by atoms with E-state index in [4.69, 9.17) is 23.7 Å². The number of hydrogen-bond acceptors (Lipinski definition) is 8. The molecular formula is C35H35N3O7. The molecular weight excluding hydrogens is 574 g/mol. The van der Waals surface area contributed by atoms with Gasteiger partial charge in [0.05, 0.1) is 52.2 Å². The van der Waals surface area contributed by atoms with E-state index in [9.17, 15) is 9.59 Å². The van der Waals surface area contributed by atoms with Crippen molar-refractivity contribution in [3.8, 4) is 34.5 Å². The first kappa shape index (κ1) is 29.8. The van der Waals surface area contributed by atoms with Gasteiger partial charge in [0, 0.05) is 19.3 Å². The number of ether oxygens (including phenoxy) is 5. The third-order valence-corrected chi connectivity index (χ3v) is 8.00. The topological polar surface area (TPSA) is 108 Å². The van der Waals surface area contributed by atoms with Gasteiger partial charge in [0.25, 0.3) is 5.91 Å². The van der Waals surface area contributed by atoms with Crippen molar-refractivity contribution in [2.75, 3.05) is 41.0 Å². The molecule has 0 saturated carbocycles. The molecule has 1 aromatic heterocycles. The molecule has 4 heterocycles. The number of amides is 2. The monoisotopic (exact) mass is 609 g/mol. The second kappa shape index (κ2) is 13.2. The van der Waals surface area contributed by atoms with Crippen molar-refractivity contribution >= 4 is 11.8 Å². The van der Waals surface area contributed by atoms with Crippen molar-refractivity contribution in [3.05, 3.63) is 101 Å². The molecule has 3 aromatic carbocycles. The summed E-state index contributed by atoms with van der Waals surface area (Å²) in [6, 6.07) is 18.7. The van der Waals surface area contributed by atoms with E-state index in [1.807, 2.05) is 59.5 Å². The first-order chi connectivity index (χ1) is 22.0. The van der Waals surface area contributed by atoms with Crippen molar-refractivity contribution < 1.29 is 33.3 Å². The number of fused-ring (bicyclic) bond motifs is 6. The first-order valence-electron chi connectivity index (χ1n) is 14.8. The first-order valence-corrected chi connectivity index (χ1v) is 14.8. The van der Waals surface area contributed by atoms with Gasteiger partial charge in [0.1, 0.15) is 17.2 Å². The lowest BCUT2D eigenvalue weighted by molar-refractivity contribution is -0.132. The number of nitrogens with zero attached hydrogens (tertiary/aromatic N) is 2. The Morgan fingerprint density at radius 1 is 0.956 bits per heavy atom. The van der Waals surface area contributed by atoms with Crippen LogP contribution in [0.5, 0.6) is 34.5 Å². The minimum absolute atomic E-state index is 0.0349. The molecule has 1 atom stereocenters. The number of pyridine rings is 1. The van der Waals surface area contributed by atoms with Crippen LogP contribution in [0.2, 0.25) is 0 Å². The van der Waals surface area contributed by atoms with Gasteiger partial charge >= 0.3 is 0 Å². The Labute approximate surface area is 261 Å². The van der Waals surface area contributed by atoms with E-state index in [1.165, 1.54) is 6.20 Å². The summed E-state index contributed by atoms with van der Waals surface area (Å²) in [5.41, 5.74) is 4.19. The molecule has 1 unspecified atom stereocenters. The Kier molecular flexibility index (Phi) is 8.72. The van der Waals surface area contributed by atoms with Gasteiger partial charge in [-0.3, -0.25) is 14.6 Å². The highest BCUT2D eigenvalue weighted by Crippen LogP contribution is 2.41. The largest absolute Gasteiger partial charge is 0.494 e. The summed E-state index contributed by atoms with van der Waals surface area (Å²) in [5, 5.41) is 2.91. The van der Waals surface area contributed by atoms with Gasteiger partial charge in [-0.05, 0) is 77.6 Å². The summed E-state index contributed by atoms with van der Waals surface area (Å²) in [6.07, 6.45) is 4.51. The smallest absolute Gasteiger partial charge is 0.252 e. The highest BCUT2D eigenvalue weighted by atomic mass is 16.5. The molecule has 0 saturated heterocycles. The van der Waals surface area contributed by atoms with Crippen LogP contribution in [0.4, 0.5) is 0 Å². The van der Waals surface area contributed by atoms with Crippen molar-refractivity contribution in [3.63, 3.8) is 0 Å². The maximum Gasteiger partial charge on any atom is 0.252 e. The summed E-state index contributed by atoms with van der Waals surface area (Å²) >= 11 is 0. The lowest BCUT2D eigenvalue weighted by Gasteiger charge is -2.38. The SMILES string of the molecule is COc1cc(CC(=O)N2CCc3cc4ccc3C2c2cccc(c2)OCCCNC(=O)c2cncc(c2)O4)cc(OC)c1OC. The third kappa shape index (κ3) is 6.35. The van der Waals surface area contributed by atoms with Gasteiger partial charge in [0.15, 0.2) is 11.5 Å². The highest BCUT2D eigenvalue weighted by Gasteiger charge is 2.33. The van der Waals surface area contributed by atoms with Crippen LogP contribution in [0.3, 0.4) is 0 Å². The molecule has 4 aromatic rings. The average molecular weight is 610 g/mol. The molecule has 10 nitrogen and oxygen atoms in total. The van der Waals surface area contributed by atoms with Crippen LogP contribution < -0.4 is 29.0 Å². The Balaban J connectivity index is 1.37. The summed E-state index contributed by atoms with van der Waals surface area (Å²) in [4.78, 5) is 32.9. The number of aromatic nitrogens is 1. The quantitative estimate of drug-likeness (QED) is 0.332. The van der Waals surface area contributed by atoms with E-state index in [-0.39, 0.29) is 24.3 Å². The zero-order valence-corrected chi connectivity index (χ0v) is 25.5. The van der Waals surface area contributed by atoms with Crippen LogP contribution >= 0.6 is 0 Å². The van der Waals surface area contributed by atoms with Gasteiger partial charge < -0.3 is 33.9 Å². The molecule has 0 spiro atoms. The van der Waals surface area contributed by atoms with Gasteiger partial charge in [-0.1, -0.05) is 18.2 Å². The number of rotatable bonds is 5. The lowest BCUT2D eigenvalue weighted by Crippen LogP contribution is -2.41. The van der Waals surface area contributed by atoms with Crippen LogP contribution in [0.25, 0.3) is 0 Å². The molecule has 7 rings (SSSR count). The van der Waals surface area contributed by atoms with E-state index < -0.39 is 0 Å². The Bertz CT molecular complexity index is 1700. The number of benzene rings is 3. The van der Waals surface area contributed by atoms with Crippen LogP contribution in [-0.4, -0.2) is 62.7 Å². The highest BCUT2D eigenvalue weighted by molar-refractivity contribution is 5.94. The second-order valence-electron chi connectivity index (χ2n) is 10.9. The molecule has 2 amide bonds. The normalized spacial score (nSPS) is 15.9. The molecule has 0 radical (unpaired) electrons. The fourth-order valence-electron chi connectivity index (χ4n) is 5.88. The van der Waals surface area contributed by atoms with Crippen molar-refractivity contribution in [2.45, 2.75) is 25.3 Å². The zero-order chi connectivity index (χ0) is 31.3. The molecule has 1 N–H and O–H groups in total. The molecule has 3 aliphatic heterocycles. The summed E-state index contributed by atoms with van der Waals surface area (Å²) in [7, 11) is 4.67. The van der Waals surface area contributed by atoms with Crippen molar-refractivity contribution in [1.29, 1.82) is 0 Å². The van der Waals surface area contributed by atoms with Crippen LogP contribution in [0, 0.1) is 0 Å². The number of nitrogens with one attached hydrogen (secondary N) is 1. The predicted octanol–water partition coefficient (Wildman–Crippen LogP) is 5.13. The Hall–Kier alpha value is -5.25. The van der Waals surface area contributed by atoms with Gasteiger partial charge in [-0.15, -0.1) is 0 Å². The summed E-state index contributed by atoms with van der Waals surface area (Å²) in [5.74, 6) is 3.01. The number of carbonyl (C=O) groups is 2. The Morgan fingerprint density at radius 3 is 2.56 bits per heavy atom. The fourth-order valence-corrected chi connectivity index (χ4v) is 5.88. The third-order valence-electron chi connectivity index (χ3n) is 8.00. The maximum atomic E-state index is 14.1. The second-order valence-corrected chi connectivity index (χ2v) is 10.9. The molecule has 0 aliphatic carbocycles. The van der Waals surface area contributed by atoms with E-state index >= 15 is 0 Å². The Morgan fingerprint density at radius 2 is 1.78 bits per heavy atom. The summed E-state index contributed by atoms with van der Waals surface area (Å²) in [6.45, 7) is 1.37. The molecule has 3 aliphatic rings. The van der Waals surface area contributed by atoms with Crippen LogP contribution in [0.1, 0.15) is 45.1 Å². The van der Waals surface area contributed by atoms with E-state index in [0.717, 1.165) is 22.3 Å². The molecule has 10 heteroatoms. The predicted molar refractivity (Wildman–Crippen MR) is 167 cm³/mol. The molecule has 45 heavy (non-hydrogen) atoms. The number of carbonyl (C=O) groups excluding carboxylic acids is 2. The fraction of sp³-hybridized carbons (Fsp3) is 0.286. The maximum absolute atomic E-state index is 14.1. The number of hydrogen-bond donors (Lipinski definition) is 1. The van der Waals surface area contributed by atoms with Crippen LogP contribution in [0.15, 0.2) is 73.1 Å². The lowest BCUT2D eigenvalue weighted by atomic mass is 9.87. The van der Waals surface area contributed by atoms with E-state index in [1.54, 1.807) is 33.6 Å². The standard InChI is InChI=1S/C35H35N3O7/c1-41-30-14-22(15-31(42-2)34(30)43-3)16-32(39)38-12-10-23-17-27-8-9-29(23)33(38)24-6-4-7-26(18-24)44-13-5-11-37-35(40)25-19-28(45-27)21-36-20-25/h4,6-9,14-15,17-21,33H,5,10-13,16H2,1-3H3,(H,37,40). The van der Waals surface area contributed by atoms with E-state index in [0.29, 0.717) is 72.6 Å². The average Bonchev–Trinajstić information content (AvgIpc) is 3.06. The van der Waals surface area contributed by atoms with Crippen molar-refractivity contribution in [1.82, 2.24) is 15.2 Å². The van der Waals surface area contributed by atoms with Gasteiger partial charge in [-0.2, -0.15) is 0 Å². The van der Waals surface area contributed by atoms with Gasteiger partial charge in [0.2, 0.25) is 11.7 Å². The minimum Gasteiger partial charge on any atom is -0.494 e. The van der Waals surface area contributed by atoms with Gasteiger partial charge in [-0.25, -0.2) is 0 Å². The molecule has 0 fully saturated rings. The van der Waals surface area contributed by atoms with Crippen molar-refractivity contribution in [2.24, 2.45) is 0 Å². The zero-order valence-electron chi connectivity index (χ0n) is 25.5. The molecule has 8 bridgehead atoms. The summed E-state index contributed by atoms with van der Waals surface area (Å²) < 4.78 is 28.7. The minimum atomic E-state index is -0.343. The van der Waals surface area contributed by atoms with Crippen LogP contribution in [-0.2, 0) is 17.6 Å². The number of methoxy groups -OCH3 is 3. The molecule has 232 valence electrons.